The summed E-state index contributed by atoms with van der Waals surface area (Å²) in [5, 5.41) is 6.91. The van der Waals surface area contributed by atoms with Gasteiger partial charge in [-0.3, -0.25) is 9.59 Å². The van der Waals surface area contributed by atoms with Gasteiger partial charge >= 0.3 is 0 Å². The lowest BCUT2D eigenvalue weighted by Gasteiger charge is -2.31. The van der Waals surface area contributed by atoms with Gasteiger partial charge < -0.3 is 10.2 Å². The molecule has 1 N–H and O–H groups in total. The summed E-state index contributed by atoms with van der Waals surface area (Å²) in [6.07, 6.45) is 3.92. The van der Waals surface area contributed by atoms with Gasteiger partial charge in [0.2, 0.25) is 5.91 Å². The highest BCUT2D eigenvalue weighted by atomic mass is 32.1. The molecule has 1 aliphatic carbocycles. The van der Waals surface area contributed by atoms with Gasteiger partial charge in [0.05, 0.1) is 11.6 Å². The van der Waals surface area contributed by atoms with Crippen molar-refractivity contribution in [3.05, 3.63) is 10.6 Å². The number of nitrogens with zero attached hydrogens (tertiary/aromatic N) is 3. The van der Waals surface area contributed by atoms with Crippen LogP contribution >= 0.6 is 11.5 Å². The average molecular weight is 294 g/mol. The van der Waals surface area contributed by atoms with Gasteiger partial charge in [-0.05, 0) is 44.1 Å². The van der Waals surface area contributed by atoms with E-state index in [4.69, 9.17) is 0 Å². The second-order valence-corrected chi connectivity index (χ2v) is 6.31. The van der Waals surface area contributed by atoms with Crippen LogP contribution in [0.1, 0.15) is 41.0 Å². The van der Waals surface area contributed by atoms with Crippen LogP contribution in [0.3, 0.4) is 0 Å². The summed E-state index contributed by atoms with van der Waals surface area (Å²) < 4.78 is 3.80. The highest BCUT2D eigenvalue weighted by Crippen LogP contribution is 2.23. The molecule has 3 rings (SSSR count). The number of carbonyl (C=O) groups excluding carboxylic acids is 2. The molecule has 1 aromatic heterocycles. The van der Waals surface area contributed by atoms with Crippen LogP contribution in [0.2, 0.25) is 0 Å². The number of amides is 2. The summed E-state index contributed by atoms with van der Waals surface area (Å²) in [6, 6.07) is 0.376. The van der Waals surface area contributed by atoms with E-state index >= 15 is 0 Å². The van der Waals surface area contributed by atoms with Crippen LogP contribution in [0.15, 0.2) is 0 Å². The molecule has 108 valence electrons. The Kier molecular flexibility index (Phi) is 3.69. The molecule has 0 unspecified atom stereocenters. The highest BCUT2D eigenvalue weighted by molar-refractivity contribution is 7.07. The van der Waals surface area contributed by atoms with Gasteiger partial charge in [-0.15, -0.1) is 5.10 Å². The molecule has 7 heteroatoms. The number of aryl methyl sites for hydroxylation is 1. The normalized spacial score (nSPS) is 22.6. The van der Waals surface area contributed by atoms with E-state index in [0.717, 1.165) is 37.2 Å². The number of nitrogens with one attached hydrogen (secondary N) is 1. The molecule has 2 aliphatic rings. The van der Waals surface area contributed by atoms with Gasteiger partial charge in [0, 0.05) is 19.1 Å². The monoisotopic (exact) mass is 294 g/mol. The maximum atomic E-state index is 12.4. The quantitative estimate of drug-likeness (QED) is 0.901. The fraction of sp³-hybridized carbons (Fsp3) is 0.692. The van der Waals surface area contributed by atoms with Crippen molar-refractivity contribution in [2.75, 3.05) is 13.1 Å². The van der Waals surface area contributed by atoms with Gasteiger partial charge in [0.1, 0.15) is 4.88 Å². The van der Waals surface area contributed by atoms with Crippen LogP contribution in [0.4, 0.5) is 0 Å². The van der Waals surface area contributed by atoms with Crippen LogP contribution in [0.25, 0.3) is 0 Å². The molecule has 1 atom stereocenters. The van der Waals surface area contributed by atoms with Crippen molar-refractivity contribution in [2.45, 2.75) is 38.6 Å². The van der Waals surface area contributed by atoms with Crippen LogP contribution in [-0.4, -0.2) is 45.4 Å². The summed E-state index contributed by atoms with van der Waals surface area (Å²) >= 11 is 1.13. The Labute approximate surface area is 121 Å². The molecule has 0 spiro atoms. The molecule has 20 heavy (non-hydrogen) atoms. The van der Waals surface area contributed by atoms with Crippen LogP contribution in [0.5, 0.6) is 0 Å². The maximum Gasteiger partial charge on any atom is 0.267 e. The second kappa shape index (κ2) is 5.47. The van der Waals surface area contributed by atoms with Crippen molar-refractivity contribution in [2.24, 2.45) is 5.92 Å². The van der Waals surface area contributed by atoms with E-state index in [2.05, 4.69) is 14.9 Å². The lowest BCUT2D eigenvalue weighted by molar-refractivity contribution is -0.126. The van der Waals surface area contributed by atoms with E-state index in [-0.39, 0.29) is 17.7 Å². The van der Waals surface area contributed by atoms with Crippen molar-refractivity contribution in [3.63, 3.8) is 0 Å². The van der Waals surface area contributed by atoms with Gasteiger partial charge in [-0.2, -0.15) is 0 Å². The van der Waals surface area contributed by atoms with Crippen molar-refractivity contribution in [1.82, 2.24) is 19.8 Å². The van der Waals surface area contributed by atoms with Crippen LogP contribution in [-0.2, 0) is 4.79 Å². The zero-order valence-electron chi connectivity index (χ0n) is 11.5. The summed E-state index contributed by atoms with van der Waals surface area (Å²) in [5.41, 5.74) is 0.671. The molecular formula is C13H18N4O2S. The molecule has 2 heterocycles. The second-order valence-electron chi connectivity index (χ2n) is 5.56. The first kappa shape index (κ1) is 13.5. The minimum Gasteiger partial charge on any atom is -0.353 e. The first-order chi connectivity index (χ1) is 9.65. The molecule has 2 fully saturated rings. The van der Waals surface area contributed by atoms with E-state index in [9.17, 15) is 9.59 Å². The van der Waals surface area contributed by atoms with E-state index in [1.54, 1.807) is 11.8 Å². The summed E-state index contributed by atoms with van der Waals surface area (Å²) in [5.74, 6) is -0.0138. The van der Waals surface area contributed by atoms with Gasteiger partial charge in [0.25, 0.3) is 5.91 Å². The fourth-order valence-electron chi connectivity index (χ4n) is 2.49. The van der Waals surface area contributed by atoms with E-state index in [1.165, 1.54) is 0 Å². The Bertz CT molecular complexity index is 526. The van der Waals surface area contributed by atoms with Crippen molar-refractivity contribution in [3.8, 4) is 0 Å². The molecular weight excluding hydrogens is 276 g/mol. The first-order valence-corrected chi connectivity index (χ1v) is 7.81. The van der Waals surface area contributed by atoms with E-state index < -0.39 is 0 Å². The number of likely N-dealkylation sites (tertiary alicyclic amines) is 1. The molecule has 1 saturated carbocycles. The SMILES string of the molecule is Cc1nnsc1C(=O)N1CCC[C@H](C(=O)NC2CC2)C1. The average Bonchev–Trinajstić information content (AvgIpc) is 3.17. The third kappa shape index (κ3) is 2.82. The lowest BCUT2D eigenvalue weighted by atomic mass is 9.97. The first-order valence-electron chi connectivity index (χ1n) is 7.03. The number of hydrogen-bond acceptors (Lipinski definition) is 5. The number of carbonyl (C=O) groups is 2. The van der Waals surface area contributed by atoms with Gasteiger partial charge in [-0.25, -0.2) is 0 Å². The molecule has 0 bridgehead atoms. The fourth-order valence-corrected chi connectivity index (χ4v) is 3.12. The third-order valence-corrected chi connectivity index (χ3v) is 4.66. The Hall–Kier alpha value is -1.50. The number of rotatable bonds is 3. The molecule has 1 aliphatic heterocycles. The Morgan fingerprint density at radius 1 is 1.35 bits per heavy atom. The predicted octanol–water partition coefficient (Wildman–Crippen LogP) is 0.977. The zero-order chi connectivity index (χ0) is 14.1. The number of hydrogen-bond donors (Lipinski definition) is 1. The van der Waals surface area contributed by atoms with Gasteiger partial charge in [-0.1, -0.05) is 4.49 Å². The Morgan fingerprint density at radius 2 is 2.15 bits per heavy atom. The molecule has 1 aromatic rings. The van der Waals surface area contributed by atoms with Crippen molar-refractivity contribution >= 4 is 23.3 Å². The van der Waals surface area contributed by atoms with Gasteiger partial charge in [0.15, 0.2) is 0 Å². The highest BCUT2D eigenvalue weighted by Gasteiger charge is 2.32. The Morgan fingerprint density at radius 3 is 2.80 bits per heavy atom. The van der Waals surface area contributed by atoms with Crippen molar-refractivity contribution < 1.29 is 9.59 Å². The smallest absolute Gasteiger partial charge is 0.267 e. The number of aromatic nitrogens is 2. The minimum atomic E-state index is -0.0745. The molecule has 2 amide bonds. The Balaban J connectivity index is 1.63. The summed E-state index contributed by atoms with van der Waals surface area (Å²) in [7, 11) is 0. The summed E-state index contributed by atoms with van der Waals surface area (Å²) in [4.78, 5) is 26.9. The number of piperidine rings is 1. The predicted molar refractivity (Wildman–Crippen MR) is 74.4 cm³/mol. The van der Waals surface area contributed by atoms with Crippen LogP contribution in [0, 0.1) is 12.8 Å². The van der Waals surface area contributed by atoms with Crippen LogP contribution < -0.4 is 5.32 Å². The maximum absolute atomic E-state index is 12.4. The third-order valence-electron chi connectivity index (χ3n) is 3.85. The molecule has 6 nitrogen and oxygen atoms in total. The summed E-state index contributed by atoms with van der Waals surface area (Å²) in [6.45, 7) is 3.01. The largest absolute Gasteiger partial charge is 0.353 e. The molecule has 1 saturated heterocycles. The topological polar surface area (TPSA) is 75.2 Å². The van der Waals surface area contributed by atoms with Crippen molar-refractivity contribution in [1.29, 1.82) is 0 Å². The molecule has 0 radical (unpaired) electrons. The van der Waals surface area contributed by atoms with E-state index in [0.29, 0.717) is 29.7 Å². The standard InChI is InChI=1S/C13H18N4O2S/c1-8-11(20-16-15-8)13(19)17-6-2-3-9(7-17)12(18)14-10-4-5-10/h9-10H,2-7H2,1H3,(H,14,18)/t9-/m0/s1. The zero-order valence-corrected chi connectivity index (χ0v) is 12.3. The lowest BCUT2D eigenvalue weighted by Crippen LogP contribution is -2.45. The van der Waals surface area contributed by atoms with E-state index in [1.807, 2.05) is 0 Å². The molecule has 0 aromatic carbocycles. The minimum absolute atomic E-state index is 0.0404.